The lowest BCUT2D eigenvalue weighted by molar-refractivity contribution is -1.07. The molecule has 0 spiro atoms. The van der Waals surface area contributed by atoms with E-state index in [2.05, 4.69) is 19.0 Å². The van der Waals surface area contributed by atoms with E-state index in [1.807, 2.05) is 0 Å². The van der Waals surface area contributed by atoms with Crippen LogP contribution in [0.1, 0.15) is 13.3 Å². The van der Waals surface area contributed by atoms with Crippen LogP contribution in [-0.2, 0) is 0 Å². The van der Waals surface area contributed by atoms with Crippen molar-refractivity contribution in [3.05, 3.63) is 0 Å². The first-order valence-corrected chi connectivity index (χ1v) is 6.50. The topological polar surface area (TPSA) is 38.4 Å². The minimum atomic E-state index is 0.391. The van der Waals surface area contributed by atoms with Crippen molar-refractivity contribution in [3.63, 3.8) is 0 Å². The Labute approximate surface area is 98.9 Å². The highest BCUT2D eigenvalue weighted by molar-refractivity contribution is 5.51. The number of fused-ring (bicyclic) bond motifs is 3. The monoisotopic (exact) mass is 226 g/mol. The van der Waals surface area contributed by atoms with Crippen LogP contribution in [0.5, 0.6) is 0 Å². The van der Waals surface area contributed by atoms with Crippen LogP contribution < -0.4 is 5.73 Å². The molecule has 0 radical (unpaired) electrons. The lowest BCUT2D eigenvalue weighted by Gasteiger charge is -2.54. The molecule has 3 saturated heterocycles. The summed E-state index contributed by atoms with van der Waals surface area (Å²) in [6, 6.07) is 0.391. The number of aliphatic imine (C=N–C) groups is 1. The second-order valence-electron chi connectivity index (χ2n) is 5.96. The highest BCUT2D eigenvalue weighted by Gasteiger charge is 2.46. The third-order valence-corrected chi connectivity index (χ3v) is 4.70. The maximum atomic E-state index is 5.33. The molecule has 1 atom stereocenters. The van der Waals surface area contributed by atoms with E-state index in [1.54, 1.807) is 0 Å². The van der Waals surface area contributed by atoms with Gasteiger partial charge in [-0.05, 0) is 6.92 Å². The molecule has 4 nitrogen and oxygen atoms in total. The standard InChI is InChI=1S/C12H26N4/c1-12(14-11-13)3-4-16-8-5-15(2,6-9-16)7-10-16/h11-12H,3-10H2,1-2H3,(H2,13,14)/q+2. The van der Waals surface area contributed by atoms with Gasteiger partial charge < -0.3 is 14.7 Å². The SMILES string of the molecule is CC(CC[N+]12CC[N+](C)(CC1)CC2)N=CN. The highest BCUT2D eigenvalue weighted by atomic mass is 15.5. The Bertz CT molecular complexity index is 250. The van der Waals surface area contributed by atoms with Gasteiger partial charge in [-0.15, -0.1) is 0 Å². The van der Waals surface area contributed by atoms with Crippen molar-refractivity contribution in [1.82, 2.24) is 0 Å². The summed E-state index contributed by atoms with van der Waals surface area (Å²) in [7, 11) is 2.41. The Balaban J connectivity index is 1.86. The summed E-state index contributed by atoms with van der Waals surface area (Å²) >= 11 is 0. The van der Waals surface area contributed by atoms with Crippen LogP contribution in [0.2, 0.25) is 0 Å². The predicted molar refractivity (Wildman–Crippen MR) is 67.3 cm³/mol. The number of piperazine rings is 3. The number of hydrogen-bond donors (Lipinski definition) is 1. The Morgan fingerprint density at radius 3 is 2.25 bits per heavy atom. The Morgan fingerprint density at radius 2 is 1.75 bits per heavy atom. The lowest BCUT2D eigenvalue weighted by atomic mass is 10.1. The van der Waals surface area contributed by atoms with Gasteiger partial charge in [-0.25, -0.2) is 0 Å². The summed E-state index contributed by atoms with van der Waals surface area (Å²) in [5.41, 5.74) is 5.33. The summed E-state index contributed by atoms with van der Waals surface area (Å²) in [5, 5.41) is 0. The quantitative estimate of drug-likeness (QED) is 0.410. The van der Waals surface area contributed by atoms with E-state index < -0.39 is 0 Å². The molecule has 3 heterocycles. The molecule has 3 rings (SSSR count). The normalized spacial score (nSPS) is 40.4. The molecule has 3 aliphatic heterocycles. The van der Waals surface area contributed by atoms with E-state index in [1.165, 1.54) is 67.5 Å². The van der Waals surface area contributed by atoms with Crippen molar-refractivity contribution in [2.45, 2.75) is 19.4 Å². The van der Waals surface area contributed by atoms with Gasteiger partial charge in [-0.2, -0.15) is 0 Å². The van der Waals surface area contributed by atoms with E-state index >= 15 is 0 Å². The molecular weight excluding hydrogens is 200 g/mol. The molecule has 16 heavy (non-hydrogen) atoms. The molecule has 0 aliphatic carbocycles. The van der Waals surface area contributed by atoms with Gasteiger partial charge in [0.1, 0.15) is 39.3 Å². The molecule has 1 unspecified atom stereocenters. The van der Waals surface area contributed by atoms with Crippen LogP contribution in [0.4, 0.5) is 0 Å². The molecular formula is C12H26N4+2. The van der Waals surface area contributed by atoms with E-state index in [0.29, 0.717) is 6.04 Å². The number of likely N-dealkylation sites (N-methyl/N-ethyl adjacent to an activating group) is 1. The Hall–Kier alpha value is -0.610. The Kier molecular flexibility index (Phi) is 3.22. The molecule has 0 saturated carbocycles. The largest absolute Gasteiger partial charge is 0.390 e. The number of nitrogens with zero attached hydrogens (tertiary/aromatic N) is 3. The van der Waals surface area contributed by atoms with E-state index in [4.69, 9.17) is 5.73 Å². The molecule has 0 aromatic carbocycles. The van der Waals surface area contributed by atoms with Crippen LogP contribution in [-0.4, -0.2) is 74.2 Å². The summed E-state index contributed by atoms with van der Waals surface area (Å²) in [6.07, 6.45) is 2.63. The molecule has 0 aromatic rings. The molecule has 0 aromatic heterocycles. The van der Waals surface area contributed by atoms with Crippen molar-refractivity contribution < 1.29 is 8.97 Å². The maximum absolute atomic E-state index is 5.33. The fraction of sp³-hybridized carbons (Fsp3) is 0.917. The second-order valence-corrected chi connectivity index (χ2v) is 5.96. The van der Waals surface area contributed by atoms with Gasteiger partial charge in [-0.3, -0.25) is 4.99 Å². The molecule has 4 heteroatoms. The van der Waals surface area contributed by atoms with Crippen molar-refractivity contribution in [2.75, 3.05) is 52.9 Å². The smallest absolute Gasteiger partial charge is 0.129 e. The average molecular weight is 226 g/mol. The first-order chi connectivity index (χ1) is 7.58. The number of nitrogens with two attached hydrogens (primary N) is 1. The van der Waals surface area contributed by atoms with E-state index in [-0.39, 0.29) is 0 Å². The zero-order chi connectivity index (χ0) is 11.6. The fourth-order valence-electron chi connectivity index (χ4n) is 3.05. The van der Waals surface area contributed by atoms with Gasteiger partial charge >= 0.3 is 0 Å². The third kappa shape index (κ3) is 2.38. The lowest BCUT2D eigenvalue weighted by Crippen LogP contribution is -2.73. The van der Waals surface area contributed by atoms with Gasteiger partial charge in [0.05, 0.1) is 26.0 Å². The number of rotatable bonds is 4. The minimum absolute atomic E-state index is 0.391. The van der Waals surface area contributed by atoms with E-state index in [9.17, 15) is 0 Å². The van der Waals surface area contributed by atoms with Crippen molar-refractivity contribution >= 4 is 6.34 Å². The van der Waals surface area contributed by atoms with Crippen LogP contribution >= 0.6 is 0 Å². The average Bonchev–Trinajstić information content (AvgIpc) is 2.29. The van der Waals surface area contributed by atoms with Crippen molar-refractivity contribution in [2.24, 2.45) is 10.7 Å². The Morgan fingerprint density at radius 1 is 1.19 bits per heavy atom. The molecule has 2 bridgehead atoms. The van der Waals surface area contributed by atoms with Crippen LogP contribution in [0.3, 0.4) is 0 Å². The summed E-state index contributed by atoms with van der Waals surface area (Å²) in [5.74, 6) is 0. The van der Waals surface area contributed by atoms with Gasteiger partial charge in [0, 0.05) is 6.42 Å². The zero-order valence-electron chi connectivity index (χ0n) is 10.7. The van der Waals surface area contributed by atoms with Crippen molar-refractivity contribution in [1.29, 1.82) is 0 Å². The fourth-order valence-corrected chi connectivity index (χ4v) is 3.05. The van der Waals surface area contributed by atoms with Gasteiger partial charge in [0.25, 0.3) is 0 Å². The van der Waals surface area contributed by atoms with Gasteiger partial charge in [0.2, 0.25) is 0 Å². The molecule has 3 fully saturated rings. The molecule has 2 N–H and O–H groups in total. The minimum Gasteiger partial charge on any atom is -0.390 e. The van der Waals surface area contributed by atoms with Gasteiger partial charge in [0.15, 0.2) is 0 Å². The molecule has 92 valence electrons. The number of hydrogen-bond acceptors (Lipinski definition) is 1. The van der Waals surface area contributed by atoms with Crippen LogP contribution in [0.25, 0.3) is 0 Å². The van der Waals surface area contributed by atoms with Gasteiger partial charge in [-0.1, -0.05) is 0 Å². The summed E-state index contributed by atoms with van der Waals surface area (Å²) < 4.78 is 2.66. The van der Waals surface area contributed by atoms with Crippen LogP contribution in [0, 0.1) is 0 Å². The molecule has 3 aliphatic rings. The number of quaternary nitrogens is 2. The second kappa shape index (κ2) is 4.34. The first kappa shape index (κ1) is 11.9. The maximum Gasteiger partial charge on any atom is 0.129 e. The predicted octanol–water partition coefficient (Wildman–Crippen LogP) is 0.0426. The van der Waals surface area contributed by atoms with Crippen molar-refractivity contribution in [3.8, 4) is 0 Å². The zero-order valence-corrected chi connectivity index (χ0v) is 10.7. The highest BCUT2D eigenvalue weighted by Crippen LogP contribution is 2.25. The summed E-state index contributed by atoms with van der Waals surface area (Å²) in [4.78, 5) is 4.24. The van der Waals surface area contributed by atoms with E-state index in [0.717, 1.165) is 0 Å². The van der Waals surface area contributed by atoms with Crippen LogP contribution in [0.15, 0.2) is 4.99 Å². The first-order valence-electron chi connectivity index (χ1n) is 6.50. The third-order valence-electron chi connectivity index (χ3n) is 4.70. The molecule has 0 amide bonds. The summed E-state index contributed by atoms with van der Waals surface area (Å²) in [6.45, 7) is 11.7.